The molecule has 0 saturated carbocycles. The van der Waals surface area contributed by atoms with E-state index in [-0.39, 0.29) is 19.3 Å². The van der Waals surface area contributed by atoms with E-state index in [9.17, 15) is 0 Å². The molecule has 1 aromatic carbocycles. The highest BCUT2D eigenvalue weighted by molar-refractivity contribution is 7.99. The summed E-state index contributed by atoms with van der Waals surface area (Å²) < 4.78 is 0. The van der Waals surface area contributed by atoms with Gasteiger partial charge in [0, 0.05) is 16.7 Å². The molecule has 3 nitrogen and oxygen atoms in total. The van der Waals surface area contributed by atoms with Crippen LogP contribution in [0.5, 0.6) is 0 Å². The van der Waals surface area contributed by atoms with Crippen molar-refractivity contribution in [2.24, 2.45) is 0 Å². The lowest BCUT2D eigenvalue weighted by molar-refractivity contribution is 0.0874. The van der Waals surface area contributed by atoms with E-state index < -0.39 is 0 Å². The van der Waals surface area contributed by atoms with Crippen LogP contribution in [0, 0.1) is 0 Å². The number of rotatable bonds is 7. The van der Waals surface area contributed by atoms with Crippen molar-refractivity contribution < 1.29 is 10.2 Å². The fourth-order valence-corrected chi connectivity index (χ4v) is 2.54. The quantitative estimate of drug-likeness (QED) is 0.743. The molecule has 0 radical (unpaired) electrons. The fourth-order valence-electron chi connectivity index (χ4n) is 1.70. The molecule has 0 heterocycles. The number of likely N-dealkylation sites (N-methyl/N-ethyl adjacent to an activating group) is 1. The standard InChI is InChI=1S/C14H23NO2S/c1-11(2)18-14-6-4-12(5-7-14)8-15(3)13(9-16)10-17/h4-7,11,13,16-17H,8-10H2,1-3H3. The first-order valence-corrected chi connectivity index (χ1v) is 7.12. The summed E-state index contributed by atoms with van der Waals surface area (Å²) in [6.07, 6.45) is 0. The Morgan fingerprint density at radius 3 is 2.11 bits per heavy atom. The largest absolute Gasteiger partial charge is 0.395 e. The number of hydrogen-bond acceptors (Lipinski definition) is 4. The second-order valence-corrected chi connectivity index (χ2v) is 6.39. The lowest BCUT2D eigenvalue weighted by Crippen LogP contribution is -2.37. The predicted molar refractivity (Wildman–Crippen MR) is 76.9 cm³/mol. The molecule has 0 aromatic heterocycles. The molecule has 0 aliphatic carbocycles. The number of aliphatic hydroxyl groups excluding tert-OH is 2. The maximum atomic E-state index is 9.11. The van der Waals surface area contributed by atoms with Gasteiger partial charge in [0.15, 0.2) is 0 Å². The molecule has 0 unspecified atom stereocenters. The molecule has 0 aliphatic rings. The summed E-state index contributed by atoms with van der Waals surface area (Å²) >= 11 is 1.85. The summed E-state index contributed by atoms with van der Waals surface area (Å²) in [7, 11) is 1.91. The first-order valence-electron chi connectivity index (χ1n) is 6.24. The van der Waals surface area contributed by atoms with Gasteiger partial charge in [0.2, 0.25) is 0 Å². The van der Waals surface area contributed by atoms with E-state index in [0.29, 0.717) is 5.25 Å². The first-order chi connectivity index (χ1) is 8.56. The summed E-state index contributed by atoms with van der Waals surface area (Å²) in [6, 6.07) is 8.27. The smallest absolute Gasteiger partial charge is 0.0609 e. The van der Waals surface area contributed by atoms with Crippen molar-refractivity contribution in [1.29, 1.82) is 0 Å². The molecule has 102 valence electrons. The number of aliphatic hydroxyl groups is 2. The molecule has 0 fully saturated rings. The fraction of sp³-hybridized carbons (Fsp3) is 0.571. The van der Waals surface area contributed by atoms with Gasteiger partial charge in [-0.15, -0.1) is 11.8 Å². The van der Waals surface area contributed by atoms with Crippen molar-refractivity contribution in [3.63, 3.8) is 0 Å². The number of benzene rings is 1. The van der Waals surface area contributed by atoms with Crippen molar-refractivity contribution in [1.82, 2.24) is 4.90 Å². The van der Waals surface area contributed by atoms with Gasteiger partial charge in [-0.05, 0) is 24.7 Å². The Hall–Kier alpha value is -0.550. The van der Waals surface area contributed by atoms with Crippen LogP contribution in [-0.2, 0) is 6.54 Å². The molecule has 0 bridgehead atoms. The van der Waals surface area contributed by atoms with Crippen LogP contribution >= 0.6 is 11.8 Å². The van der Waals surface area contributed by atoms with Crippen molar-refractivity contribution in [3.05, 3.63) is 29.8 Å². The lowest BCUT2D eigenvalue weighted by Gasteiger charge is -2.24. The predicted octanol–water partition coefficient (Wildman–Crippen LogP) is 1.97. The summed E-state index contributed by atoms with van der Waals surface area (Å²) in [5, 5.41) is 18.8. The van der Waals surface area contributed by atoms with Crippen LogP contribution in [0.3, 0.4) is 0 Å². The van der Waals surface area contributed by atoms with Gasteiger partial charge in [-0.3, -0.25) is 4.90 Å². The van der Waals surface area contributed by atoms with Crippen molar-refractivity contribution >= 4 is 11.8 Å². The molecule has 2 N–H and O–H groups in total. The molecule has 1 rings (SSSR count). The van der Waals surface area contributed by atoms with Gasteiger partial charge in [-0.25, -0.2) is 0 Å². The molecule has 0 amide bonds. The molecule has 4 heteroatoms. The van der Waals surface area contributed by atoms with Crippen molar-refractivity contribution in [2.75, 3.05) is 20.3 Å². The highest BCUT2D eigenvalue weighted by Gasteiger charge is 2.12. The highest BCUT2D eigenvalue weighted by atomic mass is 32.2. The molecule has 0 aliphatic heterocycles. The molecular formula is C14H23NO2S. The van der Waals surface area contributed by atoms with Crippen LogP contribution in [0.15, 0.2) is 29.2 Å². The third-order valence-corrected chi connectivity index (χ3v) is 3.79. The number of thioether (sulfide) groups is 1. The molecule has 0 saturated heterocycles. The summed E-state index contributed by atoms with van der Waals surface area (Å²) in [4.78, 5) is 3.24. The second kappa shape index (κ2) is 7.79. The molecule has 1 aromatic rings. The van der Waals surface area contributed by atoms with Crippen LogP contribution in [0.4, 0.5) is 0 Å². The Kier molecular flexibility index (Phi) is 6.71. The number of nitrogens with zero attached hydrogens (tertiary/aromatic N) is 1. The van der Waals surface area contributed by atoms with E-state index in [0.717, 1.165) is 6.54 Å². The maximum Gasteiger partial charge on any atom is 0.0609 e. The second-order valence-electron chi connectivity index (χ2n) is 4.74. The van der Waals surface area contributed by atoms with Crippen LogP contribution in [0.25, 0.3) is 0 Å². The van der Waals surface area contributed by atoms with Gasteiger partial charge >= 0.3 is 0 Å². The third kappa shape index (κ3) is 4.98. The minimum absolute atomic E-state index is 0.0196. The molecular weight excluding hydrogens is 246 g/mol. The minimum Gasteiger partial charge on any atom is -0.395 e. The van der Waals surface area contributed by atoms with E-state index in [1.165, 1.54) is 10.5 Å². The Morgan fingerprint density at radius 2 is 1.67 bits per heavy atom. The zero-order chi connectivity index (χ0) is 13.5. The zero-order valence-corrected chi connectivity index (χ0v) is 12.2. The van der Waals surface area contributed by atoms with E-state index in [1.54, 1.807) is 0 Å². The molecule has 18 heavy (non-hydrogen) atoms. The number of hydrogen-bond donors (Lipinski definition) is 2. The van der Waals surface area contributed by atoms with Crippen LogP contribution in [0.1, 0.15) is 19.4 Å². The Bertz CT molecular complexity index is 336. The average molecular weight is 269 g/mol. The van der Waals surface area contributed by atoms with E-state index >= 15 is 0 Å². The zero-order valence-electron chi connectivity index (χ0n) is 11.3. The summed E-state index contributed by atoms with van der Waals surface area (Å²) in [5.41, 5.74) is 1.19. The summed E-state index contributed by atoms with van der Waals surface area (Å²) in [5.74, 6) is 0. The Balaban J connectivity index is 2.57. The Morgan fingerprint density at radius 1 is 1.11 bits per heavy atom. The van der Waals surface area contributed by atoms with Crippen LogP contribution in [-0.4, -0.2) is 46.7 Å². The lowest BCUT2D eigenvalue weighted by atomic mass is 10.2. The van der Waals surface area contributed by atoms with E-state index in [1.807, 2.05) is 23.7 Å². The van der Waals surface area contributed by atoms with Gasteiger partial charge < -0.3 is 10.2 Å². The van der Waals surface area contributed by atoms with Crippen LogP contribution in [0.2, 0.25) is 0 Å². The molecule has 0 atom stereocenters. The normalized spacial score (nSPS) is 11.8. The van der Waals surface area contributed by atoms with Crippen molar-refractivity contribution in [2.45, 2.75) is 36.6 Å². The van der Waals surface area contributed by atoms with Crippen molar-refractivity contribution in [3.8, 4) is 0 Å². The average Bonchev–Trinajstić information content (AvgIpc) is 2.32. The first kappa shape index (κ1) is 15.5. The third-order valence-electron chi connectivity index (χ3n) is 2.77. The summed E-state index contributed by atoms with van der Waals surface area (Å²) in [6.45, 7) is 5.06. The topological polar surface area (TPSA) is 43.7 Å². The Labute approximate surface area is 114 Å². The van der Waals surface area contributed by atoms with Gasteiger partial charge in [-0.1, -0.05) is 26.0 Å². The monoisotopic (exact) mass is 269 g/mol. The minimum atomic E-state index is -0.185. The van der Waals surface area contributed by atoms with Gasteiger partial charge in [0.25, 0.3) is 0 Å². The van der Waals surface area contributed by atoms with Gasteiger partial charge in [-0.2, -0.15) is 0 Å². The highest BCUT2D eigenvalue weighted by Crippen LogP contribution is 2.23. The SMILES string of the molecule is CC(C)Sc1ccc(CN(C)C(CO)CO)cc1. The van der Waals surface area contributed by atoms with Gasteiger partial charge in [0.05, 0.1) is 19.3 Å². The van der Waals surface area contributed by atoms with E-state index in [4.69, 9.17) is 10.2 Å². The van der Waals surface area contributed by atoms with Crippen LogP contribution < -0.4 is 0 Å². The maximum absolute atomic E-state index is 9.11. The van der Waals surface area contributed by atoms with E-state index in [2.05, 4.69) is 38.1 Å². The molecule has 0 spiro atoms. The van der Waals surface area contributed by atoms with Gasteiger partial charge in [0.1, 0.15) is 0 Å².